The van der Waals surface area contributed by atoms with Crippen LogP contribution in [0.4, 0.5) is 0 Å². The number of hydrogen-bond donors (Lipinski definition) is 1. The summed E-state index contributed by atoms with van der Waals surface area (Å²) >= 11 is 0. The van der Waals surface area contributed by atoms with E-state index in [9.17, 15) is 0 Å². The second-order valence-corrected chi connectivity index (χ2v) is 5.34. The molecular formula is C14H29N3. The number of nitrogens with one attached hydrogen (secondary N) is 1. The van der Waals surface area contributed by atoms with Crippen LogP contribution in [0, 0.1) is 0 Å². The Morgan fingerprint density at radius 1 is 1.41 bits per heavy atom. The molecule has 1 rings (SSSR count). The highest BCUT2D eigenvalue weighted by Crippen LogP contribution is 2.14. The minimum Gasteiger partial charge on any atom is -0.317 e. The van der Waals surface area contributed by atoms with Gasteiger partial charge in [-0.25, -0.2) is 0 Å². The van der Waals surface area contributed by atoms with Gasteiger partial charge in [0.1, 0.15) is 0 Å². The summed E-state index contributed by atoms with van der Waals surface area (Å²) < 4.78 is 0. The third kappa shape index (κ3) is 5.19. The first-order valence-electron chi connectivity index (χ1n) is 6.84. The van der Waals surface area contributed by atoms with E-state index >= 15 is 0 Å². The van der Waals surface area contributed by atoms with Crippen molar-refractivity contribution >= 4 is 0 Å². The number of unbranched alkanes of at least 4 members (excludes halogenated alkanes) is 1. The highest BCUT2D eigenvalue weighted by Gasteiger charge is 2.24. The van der Waals surface area contributed by atoms with Gasteiger partial charge in [0.25, 0.3) is 0 Å². The van der Waals surface area contributed by atoms with E-state index in [4.69, 9.17) is 0 Å². The lowest BCUT2D eigenvalue weighted by Gasteiger charge is -2.39. The van der Waals surface area contributed by atoms with E-state index in [1.54, 1.807) is 0 Å². The summed E-state index contributed by atoms with van der Waals surface area (Å²) in [5, 5.41) is 3.46. The second kappa shape index (κ2) is 7.85. The van der Waals surface area contributed by atoms with Crippen LogP contribution in [0.5, 0.6) is 0 Å². The van der Waals surface area contributed by atoms with Crippen LogP contribution in [0.15, 0.2) is 12.7 Å². The molecule has 0 spiro atoms. The summed E-state index contributed by atoms with van der Waals surface area (Å²) in [6.45, 7) is 7.39. The molecule has 0 saturated carbocycles. The zero-order valence-electron chi connectivity index (χ0n) is 11.8. The quantitative estimate of drug-likeness (QED) is 0.537. The molecule has 1 heterocycles. The van der Waals surface area contributed by atoms with Crippen LogP contribution in [0.25, 0.3) is 0 Å². The van der Waals surface area contributed by atoms with Gasteiger partial charge in [0.2, 0.25) is 0 Å². The minimum absolute atomic E-state index is 0.647. The van der Waals surface area contributed by atoms with E-state index < -0.39 is 0 Å². The van der Waals surface area contributed by atoms with E-state index in [0.717, 1.165) is 6.42 Å². The van der Waals surface area contributed by atoms with Gasteiger partial charge in [-0.1, -0.05) is 6.08 Å². The van der Waals surface area contributed by atoms with Crippen molar-refractivity contribution in [3.8, 4) is 0 Å². The Hall–Kier alpha value is -0.380. The average molecular weight is 239 g/mol. The van der Waals surface area contributed by atoms with Gasteiger partial charge in [0, 0.05) is 31.7 Å². The van der Waals surface area contributed by atoms with Crippen LogP contribution in [-0.2, 0) is 0 Å². The summed E-state index contributed by atoms with van der Waals surface area (Å²) in [6.07, 6.45) is 6.93. The van der Waals surface area contributed by atoms with Crippen molar-refractivity contribution in [2.24, 2.45) is 0 Å². The maximum absolute atomic E-state index is 3.79. The SMILES string of the molecule is C=CCCCC(CC1CN(C)CCN1C)NC. The van der Waals surface area contributed by atoms with Crippen LogP contribution >= 0.6 is 0 Å². The normalized spacial score (nSPS) is 24.8. The van der Waals surface area contributed by atoms with Crippen molar-refractivity contribution in [3.05, 3.63) is 12.7 Å². The van der Waals surface area contributed by atoms with Crippen molar-refractivity contribution in [3.63, 3.8) is 0 Å². The van der Waals surface area contributed by atoms with Gasteiger partial charge in [-0.15, -0.1) is 6.58 Å². The van der Waals surface area contributed by atoms with Crippen LogP contribution in [-0.4, -0.2) is 62.7 Å². The Labute approximate surface area is 107 Å². The largest absolute Gasteiger partial charge is 0.317 e. The van der Waals surface area contributed by atoms with E-state index in [2.05, 4.69) is 42.8 Å². The fourth-order valence-electron chi connectivity index (χ4n) is 2.57. The summed E-state index contributed by atoms with van der Waals surface area (Å²) in [5.41, 5.74) is 0. The van der Waals surface area contributed by atoms with E-state index in [1.165, 1.54) is 38.9 Å². The third-order valence-corrected chi connectivity index (χ3v) is 3.91. The first-order chi connectivity index (χ1) is 8.17. The molecule has 100 valence electrons. The van der Waals surface area contributed by atoms with Gasteiger partial charge in [0.15, 0.2) is 0 Å². The maximum atomic E-state index is 3.79. The third-order valence-electron chi connectivity index (χ3n) is 3.91. The average Bonchev–Trinajstić information content (AvgIpc) is 2.32. The molecule has 0 bridgehead atoms. The zero-order valence-corrected chi connectivity index (χ0v) is 11.8. The molecule has 1 aliphatic heterocycles. The molecule has 17 heavy (non-hydrogen) atoms. The van der Waals surface area contributed by atoms with Gasteiger partial charge >= 0.3 is 0 Å². The van der Waals surface area contributed by atoms with Gasteiger partial charge < -0.3 is 15.1 Å². The predicted octanol–water partition coefficient (Wildman–Crippen LogP) is 1.57. The van der Waals surface area contributed by atoms with Gasteiger partial charge in [0.05, 0.1) is 0 Å². The maximum Gasteiger partial charge on any atom is 0.0235 e. The topological polar surface area (TPSA) is 18.5 Å². The first-order valence-corrected chi connectivity index (χ1v) is 6.84. The van der Waals surface area contributed by atoms with E-state index in [-0.39, 0.29) is 0 Å². The number of piperazine rings is 1. The predicted molar refractivity (Wildman–Crippen MR) is 75.4 cm³/mol. The molecule has 2 atom stereocenters. The molecule has 2 unspecified atom stereocenters. The van der Waals surface area contributed by atoms with Gasteiger partial charge in [-0.2, -0.15) is 0 Å². The van der Waals surface area contributed by atoms with Gasteiger partial charge in [-0.3, -0.25) is 0 Å². The van der Waals surface area contributed by atoms with Crippen LogP contribution in [0.1, 0.15) is 25.7 Å². The van der Waals surface area contributed by atoms with E-state index in [1.807, 2.05) is 6.08 Å². The standard InChI is InChI=1S/C14H29N3/c1-5-6-7-8-13(15-2)11-14-12-16(3)9-10-17(14)4/h5,13-15H,1,6-12H2,2-4H3. The van der Waals surface area contributed by atoms with Crippen molar-refractivity contribution in [2.45, 2.75) is 37.8 Å². The molecule has 1 aliphatic rings. The summed E-state index contributed by atoms with van der Waals surface area (Å²) in [5.74, 6) is 0. The summed E-state index contributed by atoms with van der Waals surface area (Å²) in [7, 11) is 6.57. The van der Waals surface area contributed by atoms with Crippen molar-refractivity contribution in [2.75, 3.05) is 40.8 Å². The fourth-order valence-corrected chi connectivity index (χ4v) is 2.57. The lowest BCUT2D eigenvalue weighted by molar-refractivity contribution is 0.101. The van der Waals surface area contributed by atoms with Gasteiger partial charge in [-0.05, 0) is 46.8 Å². The molecule has 0 aliphatic carbocycles. The molecule has 1 fully saturated rings. The highest BCUT2D eigenvalue weighted by atomic mass is 15.3. The summed E-state index contributed by atoms with van der Waals surface area (Å²) in [6, 6.07) is 1.35. The molecule has 0 aromatic heterocycles. The monoisotopic (exact) mass is 239 g/mol. The highest BCUT2D eigenvalue weighted by molar-refractivity contribution is 4.83. The van der Waals surface area contributed by atoms with E-state index in [0.29, 0.717) is 12.1 Å². The van der Waals surface area contributed by atoms with Crippen molar-refractivity contribution in [1.29, 1.82) is 0 Å². The summed E-state index contributed by atoms with van der Waals surface area (Å²) in [4.78, 5) is 4.96. The number of hydrogen-bond acceptors (Lipinski definition) is 3. The first kappa shape index (κ1) is 14.7. The second-order valence-electron chi connectivity index (χ2n) is 5.34. The Balaban J connectivity index is 2.34. The smallest absolute Gasteiger partial charge is 0.0235 e. The lowest BCUT2D eigenvalue weighted by atomic mass is 9.99. The minimum atomic E-state index is 0.647. The Morgan fingerprint density at radius 3 is 2.82 bits per heavy atom. The number of rotatable bonds is 7. The molecule has 0 aromatic carbocycles. The van der Waals surface area contributed by atoms with Crippen molar-refractivity contribution < 1.29 is 0 Å². The lowest BCUT2D eigenvalue weighted by Crippen LogP contribution is -2.51. The molecule has 0 amide bonds. The molecule has 1 saturated heterocycles. The van der Waals surface area contributed by atoms with Crippen LogP contribution in [0.3, 0.4) is 0 Å². The van der Waals surface area contributed by atoms with Crippen LogP contribution in [0.2, 0.25) is 0 Å². The Morgan fingerprint density at radius 2 is 2.18 bits per heavy atom. The fraction of sp³-hybridized carbons (Fsp3) is 0.857. The number of likely N-dealkylation sites (N-methyl/N-ethyl adjacent to an activating group) is 2. The molecule has 1 N–H and O–H groups in total. The number of allylic oxidation sites excluding steroid dienone is 1. The molecular weight excluding hydrogens is 210 g/mol. The molecule has 3 nitrogen and oxygen atoms in total. The molecule has 3 heteroatoms. The molecule has 0 aromatic rings. The Kier molecular flexibility index (Phi) is 6.78. The van der Waals surface area contributed by atoms with Crippen molar-refractivity contribution in [1.82, 2.24) is 15.1 Å². The molecule has 0 radical (unpaired) electrons. The Bertz CT molecular complexity index is 218. The zero-order chi connectivity index (χ0) is 12.7. The number of nitrogens with zero attached hydrogens (tertiary/aromatic N) is 2. The van der Waals surface area contributed by atoms with Crippen LogP contribution < -0.4 is 5.32 Å².